The first kappa shape index (κ1) is 82.3. The first-order chi connectivity index (χ1) is 49.7. The summed E-state index contributed by atoms with van der Waals surface area (Å²) in [6, 6.07) is 25.0. The zero-order valence-electron chi connectivity index (χ0n) is 59.1. The normalized spacial score (nSPS) is 14.3. The first-order valence-electron chi connectivity index (χ1n) is 33.8. The molecule has 18 N–H and O–H groups in total. The molecule has 0 spiro atoms. The number of imidazole rings is 1. The van der Waals surface area contributed by atoms with Crippen molar-refractivity contribution in [1.82, 2.24) is 63.1 Å². The van der Waals surface area contributed by atoms with Crippen LogP contribution in [0.25, 0.3) is 22.3 Å². The van der Waals surface area contributed by atoms with E-state index in [1.807, 2.05) is 86.6 Å². The van der Waals surface area contributed by atoms with Crippen LogP contribution in [-0.2, 0) is 94.4 Å². The molecule has 0 aliphatic carbocycles. The van der Waals surface area contributed by atoms with E-state index in [0.29, 0.717) is 22.4 Å². The van der Waals surface area contributed by atoms with Crippen molar-refractivity contribution in [3.8, 4) is 22.3 Å². The van der Waals surface area contributed by atoms with E-state index in [4.69, 9.17) is 5.73 Å². The number of H-pyrrole nitrogens is 1. The van der Waals surface area contributed by atoms with Crippen LogP contribution in [0.15, 0.2) is 140 Å². The van der Waals surface area contributed by atoms with Gasteiger partial charge in [0.05, 0.1) is 44.5 Å². The Bertz CT molecular complexity index is 4060. The Morgan fingerprint density at radius 3 is 1.58 bits per heavy atom. The molecule has 0 aliphatic heterocycles. The van der Waals surface area contributed by atoms with E-state index in [1.165, 1.54) is 33.3 Å². The van der Waals surface area contributed by atoms with Crippen LogP contribution in [-0.4, -0.2) is 191 Å². The molecule has 11 amide bonds. The summed E-state index contributed by atoms with van der Waals surface area (Å²) in [5.74, 6) is -15.2. The minimum absolute atomic E-state index is 0.0637. The zero-order valence-corrected chi connectivity index (χ0v) is 59.1. The number of nitrogens with one attached hydrogen (secondary N) is 11. The maximum Gasteiger partial charge on any atom is 0.305 e. The quantitative estimate of drug-likeness (QED) is 0.0236. The van der Waals surface area contributed by atoms with Crippen molar-refractivity contribution in [3.63, 3.8) is 0 Å². The van der Waals surface area contributed by atoms with Crippen LogP contribution in [0.5, 0.6) is 0 Å². The van der Waals surface area contributed by atoms with Gasteiger partial charge in [-0.15, -0.1) is 0 Å². The number of amides is 11. The lowest BCUT2D eigenvalue weighted by molar-refractivity contribution is -0.142. The lowest BCUT2D eigenvalue weighted by Gasteiger charge is -2.34. The smallest absolute Gasteiger partial charge is 0.305 e. The van der Waals surface area contributed by atoms with E-state index in [2.05, 4.69) is 63.1 Å². The van der Waals surface area contributed by atoms with Gasteiger partial charge in [-0.3, -0.25) is 62.3 Å². The van der Waals surface area contributed by atoms with Gasteiger partial charge in [-0.25, -0.2) is 4.98 Å². The second kappa shape index (κ2) is 38.5. The topological polar surface area (TPSA) is 498 Å². The number of carbonyl (C=O) groups excluding carboxylic acids is 11. The summed E-state index contributed by atoms with van der Waals surface area (Å²) in [6.07, 6.45) is -2.56. The number of nitrogens with zero attached hydrogens (tertiary/aromatic N) is 1. The number of carboxylic acid groups (broad SMARTS) is 2. The second-order valence-electron chi connectivity index (χ2n) is 26.1. The molecule has 1 aromatic heterocycles. The molecule has 0 fully saturated rings. The van der Waals surface area contributed by atoms with Crippen LogP contribution in [0.1, 0.15) is 94.3 Å². The first-order valence-corrected chi connectivity index (χ1v) is 33.8. The summed E-state index contributed by atoms with van der Waals surface area (Å²) in [5.41, 5.74) is 9.92. The van der Waals surface area contributed by atoms with Gasteiger partial charge < -0.3 is 89.4 Å². The Morgan fingerprint density at radius 1 is 0.524 bits per heavy atom. The third kappa shape index (κ3) is 24.8. The number of hydrogen-bond acceptors (Lipinski definition) is 17. The lowest BCUT2D eigenvalue weighted by Crippen LogP contribution is -2.67. The van der Waals surface area contributed by atoms with E-state index in [9.17, 15) is 87.9 Å². The van der Waals surface area contributed by atoms with Gasteiger partial charge in [-0.2, -0.15) is 0 Å². The Morgan fingerprint density at radius 2 is 1.03 bits per heavy atom. The number of benzene rings is 5. The third-order valence-electron chi connectivity index (χ3n) is 17.1. The van der Waals surface area contributed by atoms with Crippen LogP contribution in [0.3, 0.4) is 0 Å². The monoisotopic (exact) mass is 1450 g/mol. The number of aromatic amines is 1. The number of carboxylic acids is 2. The number of aliphatic carboxylic acids is 2. The highest BCUT2D eigenvalue weighted by atomic mass is 16.4. The number of primary amides is 1. The zero-order chi connectivity index (χ0) is 77.3. The van der Waals surface area contributed by atoms with Gasteiger partial charge in [0.25, 0.3) is 0 Å². The number of carbonyl (C=O) groups is 13. The van der Waals surface area contributed by atoms with E-state index < -0.39 is 168 Å². The van der Waals surface area contributed by atoms with Crippen LogP contribution in [0, 0.1) is 6.92 Å². The SMILES string of the molecule is CCc1ccccc1-c1ccc(C[C@H](NC(=O)[C@H](CC(=O)O)NC(=O)[C@H](CO)NC(=O)[C@@H](NC(=O)[C@](C)(Cc2ccccc2)NC(=O)[C@@H](NC(=O)CNC(=O)[C@H](CC(=O)O)NC(=O)C(C)(C)NC(=O)CCc2cnc[nH]2)[C@@H](C)O)[C@@H](C)O)C(=O)N[C@@H](Cc2ccc(-c3ccccc3C)cc2)C(N)=O)cc1. The molecule has 1 heterocycles. The van der Waals surface area contributed by atoms with E-state index in [0.717, 1.165) is 53.6 Å². The van der Waals surface area contributed by atoms with E-state index in [1.54, 1.807) is 54.6 Å². The Labute approximate surface area is 605 Å². The molecule has 31 nitrogen and oxygen atoms in total. The fourth-order valence-corrected chi connectivity index (χ4v) is 11.2. The molecule has 6 aromatic rings. The molecule has 10 atom stereocenters. The molecule has 6 rings (SSSR count). The van der Waals surface area contributed by atoms with Crippen molar-refractivity contribution in [3.05, 3.63) is 173 Å². The van der Waals surface area contributed by atoms with Crippen LogP contribution >= 0.6 is 0 Å². The predicted molar refractivity (Wildman–Crippen MR) is 382 cm³/mol. The van der Waals surface area contributed by atoms with Crippen LogP contribution in [0.2, 0.25) is 0 Å². The standard InChI is InChI=1S/C74H91N13O18/c1-8-47-19-13-15-21-52(47)49-28-24-45(25-29-49)33-54(66(99)79-53(64(75)97)32-44-22-26-48(27-23-44)51-20-14-12-16-41(51)2)80-67(100)56(35-61(95)96)81-68(101)57(39-88)82-69(102)62(42(3)89)85-72(105)74(7,36-46-17-10-9-11-18-46)87-70(103)63(43(4)90)84-59(92)38-77-65(98)55(34-60(93)94)83-71(104)73(5,6)86-58(91)31-30-50-37-76-40-78-50/h9-29,37,40,42-43,53-57,62-63,88-90H,8,30-36,38-39H2,1-7H3,(H2,75,97)(H,76,78)(H,77,98)(H,79,99)(H,80,100)(H,81,101)(H,82,102)(H,83,104)(H,84,92)(H,85,105)(H,86,91)(H,87,103)(H,93,94)(H,95,96)/t42-,43-,53+,54+,55+,56+,57+,62+,63+,74+/m1/s1. The molecular formula is C74H91N13O18. The molecule has 0 radical (unpaired) electrons. The fourth-order valence-electron chi connectivity index (χ4n) is 11.2. The number of aromatic nitrogens is 2. The van der Waals surface area contributed by atoms with Gasteiger partial charge in [0.2, 0.25) is 65.0 Å². The molecule has 0 saturated heterocycles. The molecule has 0 saturated carbocycles. The van der Waals surface area contributed by atoms with Crippen molar-refractivity contribution in [1.29, 1.82) is 0 Å². The second-order valence-corrected chi connectivity index (χ2v) is 26.1. The number of rotatable bonds is 39. The van der Waals surface area contributed by atoms with Gasteiger partial charge in [0, 0.05) is 37.6 Å². The average molecular weight is 1450 g/mol. The molecule has 0 bridgehead atoms. The molecular weight excluding hydrogens is 1360 g/mol. The third-order valence-corrected chi connectivity index (χ3v) is 17.1. The highest BCUT2D eigenvalue weighted by Crippen LogP contribution is 2.27. The number of nitrogens with two attached hydrogens (primary N) is 1. The van der Waals surface area contributed by atoms with Crippen molar-refractivity contribution < 1.29 is 87.9 Å². The largest absolute Gasteiger partial charge is 0.481 e. The molecule has 31 heteroatoms. The number of aliphatic hydroxyl groups is 3. The molecule has 560 valence electrons. The van der Waals surface area contributed by atoms with E-state index >= 15 is 0 Å². The number of aliphatic hydroxyl groups excluding tert-OH is 3. The maximum absolute atomic E-state index is 14.6. The van der Waals surface area contributed by atoms with Crippen molar-refractivity contribution >= 4 is 76.9 Å². The predicted octanol–water partition coefficient (Wildman–Crippen LogP) is -0.257. The Hall–Kier alpha value is -11.7. The fraction of sp³-hybridized carbons (Fsp3) is 0.378. The summed E-state index contributed by atoms with van der Waals surface area (Å²) in [6.45, 7) is 7.71. The van der Waals surface area contributed by atoms with Crippen molar-refractivity contribution in [2.75, 3.05) is 13.2 Å². The van der Waals surface area contributed by atoms with Gasteiger partial charge in [0.15, 0.2) is 0 Å². The molecule has 0 unspecified atom stereocenters. The van der Waals surface area contributed by atoms with Gasteiger partial charge in [-0.05, 0) is 104 Å². The average Bonchev–Trinajstić information content (AvgIpc) is 0.997. The summed E-state index contributed by atoms with van der Waals surface area (Å²) in [4.78, 5) is 183. The summed E-state index contributed by atoms with van der Waals surface area (Å²) >= 11 is 0. The number of aryl methyl sites for hydroxylation is 3. The summed E-state index contributed by atoms with van der Waals surface area (Å²) < 4.78 is 0. The highest BCUT2D eigenvalue weighted by Gasteiger charge is 2.42. The van der Waals surface area contributed by atoms with Crippen molar-refractivity contribution in [2.45, 2.75) is 165 Å². The Kier molecular flexibility index (Phi) is 30.2. The number of hydrogen-bond donors (Lipinski definition) is 17. The Balaban J connectivity index is 1.15. The van der Waals surface area contributed by atoms with Crippen LogP contribution in [0.4, 0.5) is 0 Å². The molecule has 105 heavy (non-hydrogen) atoms. The lowest BCUT2D eigenvalue weighted by atomic mass is 9.90. The maximum atomic E-state index is 14.6. The van der Waals surface area contributed by atoms with Gasteiger partial charge in [-0.1, -0.05) is 134 Å². The van der Waals surface area contributed by atoms with Crippen LogP contribution < -0.4 is 58.9 Å². The van der Waals surface area contributed by atoms with E-state index in [-0.39, 0.29) is 32.1 Å². The molecule has 5 aromatic carbocycles. The summed E-state index contributed by atoms with van der Waals surface area (Å²) in [7, 11) is 0. The minimum Gasteiger partial charge on any atom is -0.481 e. The highest BCUT2D eigenvalue weighted by molar-refractivity contribution is 6.01. The van der Waals surface area contributed by atoms with Crippen molar-refractivity contribution in [2.24, 2.45) is 5.73 Å². The summed E-state index contributed by atoms with van der Waals surface area (Å²) in [5, 5.41) is 75.6. The van der Waals surface area contributed by atoms with Gasteiger partial charge in [0.1, 0.15) is 53.4 Å². The molecule has 0 aliphatic rings. The van der Waals surface area contributed by atoms with Gasteiger partial charge >= 0.3 is 11.9 Å². The minimum atomic E-state index is -2.17.